The molecule has 4 rings (SSSR count). The third kappa shape index (κ3) is 2.19. The predicted molar refractivity (Wildman–Crippen MR) is 84.3 cm³/mol. The van der Waals surface area contributed by atoms with Crippen LogP contribution in [0.25, 0.3) is 22.1 Å². The van der Waals surface area contributed by atoms with Crippen LogP contribution in [-0.2, 0) is 12.8 Å². The van der Waals surface area contributed by atoms with Gasteiger partial charge in [-0.2, -0.15) is 0 Å². The van der Waals surface area contributed by atoms with E-state index in [0.717, 1.165) is 33.2 Å². The summed E-state index contributed by atoms with van der Waals surface area (Å²) in [7, 11) is 2.03. The van der Waals surface area contributed by atoms with E-state index < -0.39 is 0 Å². The molecule has 0 amide bonds. The van der Waals surface area contributed by atoms with Gasteiger partial charge in [0.05, 0.1) is 16.8 Å². The van der Waals surface area contributed by atoms with Crippen LogP contribution in [0.3, 0.4) is 0 Å². The van der Waals surface area contributed by atoms with Gasteiger partial charge in [0, 0.05) is 7.05 Å². The number of hydrogen-bond acceptors (Lipinski definition) is 4. The smallest absolute Gasteiger partial charge is 0.205 e. The highest BCUT2D eigenvalue weighted by Crippen LogP contribution is 2.26. The molecular formula is C16H13N3OS. The van der Waals surface area contributed by atoms with Crippen molar-refractivity contribution in [2.75, 3.05) is 0 Å². The molecular weight excluding hydrogens is 282 g/mol. The molecule has 2 heterocycles. The molecule has 0 aliphatic rings. The first-order valence-corrected chi connectivity index (χ1v) is 7.68. The van der Waals surface area contributed by atoms with Crippen molar-refractivity contribution in [3.05, 3.63) is 54.4 Å². The molecule has 0 atom stereocenters. The largest absolute Gasteiger partial charge is 0.440 e. The molecule has 0 unspecified atom stereocenters. The fraction of sp³-hybridized carbons (Fsp3) is 0.125. The van der Waals surface area contributed by atoms with Gasteiger partial charge in [-0.1, -0.05) is 36.0 Å². The topological polar surface area (TPSA) is 43.9 Å². The summed E-state index contributed by atoms with van der Waals surface area (Å²) >= 11 is 1.64. The van der Waals surface area contributed by atoms with Gasteiger partial charge in [0.15, 0.2) is 10.7 Å². The van der Waals surface area contributed by atoms with Gasteiger partial charge < -0.3 is 8.98 Å². The maximum Gasteiger partial charge on any atom is 0.205 e. The van der Waals surface area contributed by atoms with Crippen LogP contribution in [0.5, 0.6) is 0 Å². The molecule has 0 radical (unpaired) electrons. The number of hydrogen-bond donors (Lipinski definition) is 0. The van der Waals surface area contributed by atoms with E-state index >= 15 is 0 Å². The summed E-state index contributed by atoms with van der Waals surface area (Å²) in [6.45, 7) is 0. The van der Waals surface area contributed by atoms with Gasteiger partial charge in [-0.15, -0.1) is 0 Å². The minimum atomic E-state index is 0.672. The molecule has 2 aromatic heterocycles. The first-order chi connectivity index (χ1) is 10.3. The van der Waals surface area contributed by atoms with E-state index in [4.69, 9.17) is 4.42 Å². The number of para-hydroxylation sites is 4. The minimum absolute atomic E-state index is 0.672. The summed E-state index contributed by atoms with van der Waals surface area (Å²) in [5.41, 5.74) is 3.88. The van der Waals surface area contributed by atoms with Crippen LogP contribution in [-0.4, -0.2) is 14.5 Å². The van der Waals surface area contributed by atoms with Crippen molar-refractivity contribution in [3.63, 3.8) is 0 Å². The van der Waals surface area contributed by atoms with Crippen LogP contribution in [0.1, 0.15) is 5.89 Å². The molecule has 2 aromatic carbocycles. The van der Waals surface area contributed by atoms with E-state index in [1.807, 2.05) is 49.5 Å². The van der Waals surface area contributed by atoms with Crippen molar-refractivity contribution < 1.29 is 4.42 Å². The van der Waals surface area contributed by atoms with E-state index in [1.165, 1.54) is 0 Å². The molecule has 0 saturated carbocycles. The van der Waals surface area contributed by atoms with Crippen LogP contribution in [0.2, 0.25) is 0 Å². The Morgan fingerprint density at radius 2 is 1.76 bits per heavy atom. The first-order valence-electron chi connectivity index (χ1n) is 6.70. The Hall–Kier alpha value is -2.27. The lowest BCUT2D eigenvalue weighted by Crippen LogP contribution is -1.91. The fourth-order valence-electron chi connectivity index (χ4n) is 2.36. The molecule has 4 aromatic rings. The summed E-state index contributed by atoms with van der Waals surface area (Å²) in [6, 6.07) is 15.9. The van der Waals surface area contributed by atoms with Crippen molar-refractivity contribution in [2.24, 2.45) is 7.05 Å². The quantitative estimate of drug-likeness (QED) is 0.536. The molecule has 0 saturated heterocycles. The van der Waals surface area contributed by atoms with Crippen molar-refractivity contribution in [3.8, 4) is 0 Å². The number of imidazole rings is 1. The number of aryl methyl sites for hydroxylation is 1. The molecule has 0 spiro atoms. The van der Waals surface area contributed by atoms with Gasteiger partial charge in [0.25, 0.3) is 0 Å². The number of aromatic nitrogens is 3. The van der Waals surface area contributed by atoms with E-state index in [2.05, 4.69) is 20.6 Å². The second kappa shape index (κ2) is 4.93. The molecule has 0 aliphatic heterocycles. The number of fused-ring (bicyclic) bond motifs is 2. The highest BCUT2D eigenvalue weighted by atomic mass is 32.2. The molecule has 4 nitrogen and oxygen atoms in total. The second-order valence-electron chi connectivity index (χ2n) is 4.81. The second-order valence-corrected chi connectivity index (χ2v) is 5.75. The molecule has 0 bridgehead atoms. The van der Waals surface area contributed by atoms with Crippen molar-refractivity contribution >= 4 is 33.9 Å². The van der Waals surface area contributed by atoms with Gasteiger partial charge in [-0.05, 0) is 24.3 Å². The molecule has 104 valence electrons. The Labute approximate surface area is 125 Å². The van der Waals surface area contributed by atoms with Gasteiger partial charge in [-0.3, -0.25) is 0 Å². The first kappa shape index (κ1) is 12.5. The number of oxazole rings is 1. The highest BCUT2D eigenvalue weighted by molar-refractivity contribution is 7.98. The third-order valence-electron chi connectivity index (χ3n) is 3.41. The summed E-state index contributed by atoms with van der Waals surface area (Å²) in [5, 5.41) is 0.971. The zero-order valence-electron chi connectivity index (χ0n) is 11.5. The van der Waals surface area contributed by atoms with Crippen LogP contribution < -0.4 is 0 Å². The maximum atomic E-state index is 5.73. The third-order valence-corrected chi connectivity index (χ3v) is 4.42. The Balaban J connectivity index is 1.61. The number of rotatable bonds is 3. The lowest BCUT2D eigenvalue weighted by atomic mass is 10.3. The fourth-order valence-corrected chi connectivity index (χ4v) is 3.19. The van der Waals surface area contributed by atoms with E-state index in [-0.39, 0.29) is 0 Å². The van der Waals surface area contributed by atoms with E-state index in [1.54, 1.807) is 11.8 Å². The molecule has 0 fully saturated rings. The molecule has 5 heteroatoms. The van der Waals surface area contributed by atoms with E-state index in [9.17, 15) is 0 Å². The average molecular weight is 295 g/mol. The van der Waals surface area contributed by atoms with Gasteiger partial charge in [-0.25, -0.2) is 9.97 Å². The van der Waals surface area contributed by atoms with Crippen molar-refractivity contribution in [2.45, 2.75) is 10.9 Å². The molecule has 21 heavy (non-hydrogen) atoms. The minimum Gasteiger partial charge on any atom is -0.440 e. The average Bonchev–Trinajstić information content (AvgIpc) is 3.07. The van der Waals surface area contributed by atoms with Crippen molar-refractivity contribution in [1.82, 2.24) is 14.5 Å². The normalized spacial score (nSPS) is 11.5. The van der Waals surface area contributed by atoms with Crippen LogP contribution in [0.15, 0.2) is 58.1 Å². The zero-order valence-corrected chi connectivity index (χ0v) is 12.3. The van der Waals surface area contributed by atoms with Crippen LogP contribution in [0, 0.1) is 0 Å². The zero-order chi connectivity index (χ0) is 14.2. The molecule has 0 aliphatic carbocycles. The van der Waals surface area contributed by atoms with Gasteiger partial charge in [0.2, 0.25) is 5.89 Å². The predicted octanol–water partition coefficient (Wildman–Crippen LogP) is 4.01. The summed E-state index contributed by atoms with van der Waals surface area (Å²) in [5.74, 6) is 1.40. The maximum absolute atomic E-state index is 5.73. The Bertz CT molecular complexity index is 892. The standard InChI is InChI=1S/C16H13N3OS/c1-19-13-8-4-2-6-11(13)18-16(19)21-10-15-17-12-7-3-5-9-14(12)20-15/h2-9H,10H2,1H3. The highest BCUT2D eigenvalue weighted by Gasteiger charge is 2.10. The van der Waals surface area contributed by atoms with Gasteiger partial charge >= 0.3 is 0 Å². The van der Waals surface area contributed by atoms with Crippen LogP contribution >= 0.6 is 11.8 Å². The summed E-state index contributed by atoms with van der Waals surface area (Å²) in [4.78, 5) is 9.12. The summed E-state index contributed by atoms with van der Waals surface area (Å²) < 4.78 is 7.83. The van der Waals surface area contributed by atoms with Crippen LogP contribution in [0.4, 0.5) is 0 Å². The SMILES string of the molecule is Cn1c(SCc2nc3ccccc3o2)nc2ccccc21. The number of benzene rings is 2. The monoisotopic (exact) mass is 295 g/mol. The lowest BCUT2D eigenvalue weighted by Gasteiger charge is -1.99. The summed E-state index contributed by atoms with van der Waals surface area (Å²) in [6.07, 6.45) is 0. The number of nitrogens with zero attached hydrogens (tertiary/aromatic N) is 3. The van der Waals surface area contributed by atoms with E-state index in [0.29, 0.717) is 5.75 Å². The Morgan fingerprint density at radius 3 is 2.57 bits per heavy atom. The Kier molecular flexibility index (Phi) is 2.93. The molecule has 0 N–H and O–H groups in total. The van der Waals surface area contributed by atoms with Crippen molar-refractivity contribution in [1.29, 1.82) is 0 Å². The van der Waals surface area contributed by atoms with Gasteiger partial charge in [0.1, 0.15) is 5.52 Å². The lowest BCUT2D eigenvalue weighted by molar-refractivity contribution is 0.556. The Morgan fingerprint density at radius 1 is 1.00 bits per heavy atom. The number of thioether (sulfide) groups is 1.